The fraction of sp³-hybridized carbons (Fsp3) is 0.625. The minimum atomic E-state index is -0.0811. The third-order valence-corrected chi connectivity index (χ3v) is 4.07. The molecule has 0 radical (unpaired) electrons. The topological polar surface area (TPSA) is 35.5 Å². The molecule has 0 saturated heterocycles. The molecule has 0 heterocycles. The zero-order valence-electron chi connectivity index (χ0n) is 12.3. The van der Waals surface area contributed by atoms with Gasteiger partial charge in [0.2, 0.25) is 0 Å². The van der Waals surface area contributed by atoms with Gasteiger partial charge in [-0.3, -0.25) is 0 Å². The average Bonchev–Trinajstić information content (AvgIpc) is 2.41. The summed E-state index contributed by atoms with van der Waals surface area (Å²) in [5, 5.41) is 13.3. The van der Waals surface area contributed by atoms with Gasteiger partial charge >= 0.3 is 0 Å². The lowest BCUT2D eigenvalue weighted by Gasteiger charge is -2.30. The van der Waals surface area contributed by atoms with Gasteiger partial charge in [-0.15, -0.1) is 0 Å². The van der Waals surface area contributed by atoms with E-state index in [1.165, 1.54) is 11.3 Å². The molecule has 19 heavy (non-hydrogen) atoms. The lowest BCUT2D eigenvalue weighted by molar-refractivity contribution is 0.114. The summed E-state index contributed by atoms with van der Waals surface area (Å²) < 4.78 is 0. The van der Waals surface area contributed by atoms with Gasteiger partial charge in [-0.2, -0.15) is 0 Å². The largest absolute Gasteiger partial charge is 0.393 e. The van der Waals surface area contributed by atoms with Crippen LogP contribution in [0.3, 0.4) is 0 Å². The lowest BCUT2D eigenvalue weighted by atomic mass is 9.92. The fourth-order valence-electron chi connectivity index (χ4n) is 2.95. The molecule has 1 atom stereocenters. The summed E-state index contributed by atoms with van der Waals surface area (Å²) in [5.41, 5.74) is 2.62. The van der Waals surface area contributed by atoms with Crippen molar-refractivity contribution in [3.8, 4) is 0 Å². The normalized spacial score (nSPS) is 25.1. The summed E-state index contributed by atoms with van der Waals surface area (Å²) in [6.45, 7) is 2.23. The number of rotatable bonds is 4. The maximum Gasteiger partial charge on any atom is 0.0541 e. The van der Waals surface area contributed by atoms with Gasteiger partial charge in [0.15, 0.2) is 0 Å². The first-order valence-corrected chi connectivity index (χ1v) is 7.28. The molecule has 0 aromatic heterocycles. The van der Waals surface area contributed by atoms with E-state index in [2.05, 4.69) is 55.5 Å². The molecule has 0 spiro atoms. The maximum atomic E-state index is 9.56. The molecule has 0 aliphatic heterocycles. The molecule has 1 fully saturated rings. The first kappa shape index (κ1) is 14.4. The molecular weight excluding hydrogens is 236 g/mol. The number of para-hydroxylation sites is 1. The van der Waals surface area contributed by atoms with Crippen LogP contribution in [0.2, 0.25) is 0 Å². The molecule has 1 aliphatic rings. The van der Waals surface area contributed by atoms with E-state index < -0.39 is 0 Å². The first-order chi connectivity index (χ1) is 9.08. The van der Waals surface area contributed by atoms with Gasteiger partial charge in [-0.1, -0.05) is 18.2 Å². The van der Waals surface area contributed by atoms with Crippen molar-refractivity contribution >= 4 is 5.69 Å². The molecule has 3 heteroatoms. The number of aliphatic hydroxyl groups excluding tert-OH is 1. The van der Waals surface area contributed by atoms with Crippen molar-refractivity contribution in [2.45, 2.75) is 50.8 Å². The highest BCUT2D eigenvalue weighted by atomic mass is 16.3. The molecule has 2 rings (SSSR count). The Labute approximate surface area is 116 Å². The highest BCUT2D eigenvalue weighted by Crippen LogP contribution is 2.27. The molecule has 0 bridgehead atoms. The van der Waals surface area contributed by atoms with Gasteiger partial charge in [-0.05, 0) is 44.2 Å². The van der Waals surface area contributed by atoms with Crippen molar-refractivity contribution in [1.29, 1.82) is 0 Å². The summed E-state index contributed by atoms with van der Waals surface area (Å²) in [5.74, 6) is 0. The maximum absolute atomic E-state index is 9.56. The van der Waals surface area contributed by atoms with Crippen LogP contribution in [0.1, 0.15) is 44.2 Å². The van der Waals surface area contributed by atoms with Crippen molar-refractivity contribution in [3.05, 3.63) is 29.8 Å². The Morgan fingerprint density at radius 3 is 2.42 bits per heavy atom. The number of aliphatic hydroxyl groups is 1. The summed E-state index contributed by atoms with van der Waals surface area (Å²) >= 11 is 0. The lowest BCUT2D eigenvalue weighted by Crippen LogP contribution is -2.36. The van der Waals surface area contributed by atoms with Crippen LogP contribution >= 0.6 is 0 Å². The van der Waals surface area contributed by atoms with Crippen molar-refractivity contribution in [1.82, 2.24) is 5.32 Å². The second-order valence-electron chi connectivity index (χ2n) is 5.85. The van der Waals surface area contributed by atoms with Gasteiger partial charge in [0.05, 0.1) is 6.10 Å². The predicted octanol–water partition coefficient (Wildman–Crippen LogP) is 2.71. The van der Waals surface area contributed by atoms with Crippen LogP contribution in [0.5, 0.6) is 0 Å². The van der Waals surface area contributed by atoms with Gasteiger partial charge in [0.25, 0.3) is 0 Å². The van der Waals surface area contributed by atoms with Crippen LogP contribution in [0, 0.1) is 0 Å². The SMILES string of the molecule is CC(NC1CCC(O)CC1)c1ccccc1N(C)C. The summed E-state index contributed by atoms with van der Waals surface area (Å²) in [4.78, 5) is 2.16. The zero-order valence-corrected chi connectivity index (χ0v) is 12.3. The molecular formula is C16H26N2O. The van der Waals surface area contributed by atoms with Gasteiger partial charge in [0, 0.05) is 31.9 Å². The van der Waals surface area contributed by atoms with Crippen LogP contribution < -0.4 is 10.2 Å². The van der Waals surface area contributed by atoms with Crippen molar-refractivity contribution in [2.24, 2.45) is 0 Å². The van der Waals surface area contributed by atoms with E-state index in [0.29, 0.717) is 12.1 Å². The number of nitrogens with zero attached hydrogens (tertiary/aromatic N) is 1. The van der Waals surface area contributed by atoms with Crippen LogP contribution in [0.15, 0.2) is 24.3 Å². The van der Waals surface area contributed by atoms with E-state index >= 15 is 0 Å². The molecule has 1 unspecified atom stereocenters. The van der Waals surface area contributed by atoms with E-state index in [1.807, 2.05) is 0 Å². The van der Waals surface area contributed by atoms with Crippen LogP contribution in [0.25, 0.3) is 0 Å². The van der Waals surface area contributed by atoms with E-state index in [4.69, 9.17) is 0 Å². The summed E-state index contributed by atoms with van der Waals surface area (Å²) in [6.07, 6.45) is 3.94. The number of hydrogen-bond donors (Lipinski definition) is 2. The van der Waals surface area contributed by atoms with Gasteiger partial charge < -0.3 is 15.3 Å². The Balaban J connectivity index is 2.01. The predicted molar refractivity (Wildman–Crippen MR) is 80.6 cm³/mol. The second-order valence-corrected chi connectivity index (χ2v) is 5.85. The molecule has 106 valence electrons. The third kappa shape index (κ3) is 3.71. The monoisotopic (exact) mass is 262 g/mol. The Morgan fingerprint density at radius 2 is 1.79 bits per heavy atom. The van der Waals surface area contributed by atoms with Gasteiger partial charge in [0.1, 0.15) is 0 Å². The Bertz CT molecular complexity index is 397. The minimum absolute atomic E-state index is 0.0811. The Morgan fingerprint density at radius 1 is 1.16 bits per heavy atom. The quantitative estimate of drug-likeness (QED) is 0.876. The fourth-order valence-corrected chi connectivity index (χ4v) is 2.95. The van der Waals surface area contributed by atoms with E-state index in [1.54, 1.807) is 0 Å². The average molecular weight is 262 g/mol. The van der Waals surface area contributed by atoms with E-state index in [9.17, 15) is 5.11 Å². The summed E-state index contributed by atoms with van der Waals surface area (Å²) in [6, 6.07) is 9.43. The number of hydrogen-bond acceptors (Lipinski definition) is 3. The van der Waals surface area contributed by atoms with E-state index in [-0.39, 0.29) is 6.10 Å². The first-order valence-electron chi connectivity index (χ1n) is 7.28. The number of anilines is 1. The number of benzene rings is 1. The van der Waals surface area contributed by atoms with Crippen LogP contribution in [-0.2, 0) is 0 Å². The molecule has 1 aliphatic carbocycles. The molecule has 1 saturated carbocycles. The van der Waals surface area contributed by atoms with Crippen LogP contribution in [0.4, 0.5) is 5.69 Å². The Hall–Kier alpha value is -1.06. The third-order valence-electron chi connectivity index (χ3n) is 4.07. The second kappa shape index (κ2) is 6.40. The Kier molecular flexibility index (Phi) is 4.83. The smallest absolute Gasteiger partial charge is 0.0541 e. The standard InChI is InChI=1S/C16H26N2O/c1-12(17-13-8-10-14(19)11-9-13)15-6-4-5-7-16(15)18(2)3/h4-7,12-14,17,19H,8-11H2,1-3H3. The van der Waals surface area contributed by atoms with Crippen molar-refractivity contribution < 1.29 is 5.11 Å². The van der Waals surface area contributed by atoms with E-state index in [0.717, 1.165) is 25.7 Å². The minimum Gasteiger partial charge on any atom is -0.393 e. The summed E-state index contributed by atoms with van der Waals surface area (Å²) in [7, 11) is 4.17. The highest BCUT2D eigenvalue weighted by molar-refractivity contribution is 5.53. The molecule has 3 nitrogen and oxygen atoms in total. The molecule has 1 aromatic rings. The zero-order chi connectivity index (χ0) is 13.8. The van der Waals surface area contributed by atoms with Crippen molar-refractivity contribution in [2.75, 3.05) is 19.0 Å². The molecule has 0 amide bonds. The molecule has 1 aromatic carbocycles. The number of nitrogens with one attached hydrogen (secondary N) is 1. The van der Waals surface area contributed by atoms with Crippen LogP contribution in [-0.4, -0.2) is 31.3 Å². The van der Waals surface area contributed by atoms with Crippen molar-refractivity contribution in [3.63, 3.8) is 0 Å². The molecule has 2 N–H and O–H groups in total. The van der Waals surface area contributed by atoms with Gasteiger partial charge in [-0.25, -0.2) is 0 Å². The highest BCUT2D eigenvalue weighted by Gasteiger charge is 2.21.